The molecule has 0 amide bonds. The number of hydrogen-bond acceptors (Lipinski definition) is 1. The van der Waals surface area contributed by atoms with Gasteiger partial charge in [-0.3, -0.25) is 0 Å². The monoisotopic (exact) mass is 163 g/mol. The second kappa shape index (κ2) is 3.39. The van der Waals surface area contributed by atoms with Crippen molar-refractivity contribution in [3.63, 3.8) is 0 Å². The molecule has 1 atom stereocenters. The summed E-state index contributed by atoms with van der Waals surface area (Å²) in [4.78, 5) is 0. The van der Waals surface area contributed by atoms with E-state index < -0.39 is 7.55 Å². The second-order valence-electron chi connectivity index (χ2n) is 2.27. The molecule has 0 aliphatic carbocycles. The summed E-state index contributed by atoms with van der Waals surface area (Å²) >= 11 is 6.19. The molecule has 0 rings (SSSR count). The van der Waals surface area contributed by atoms with Crippen LogP contribution in [-0.4, -0.2) is 26.2 Å². The van der Waals surface area contributed by atoms with Gasteiger partial charge in [-0.2, -0.15) is 0 Å². The highest BCUT2D eigenvalue weighted by molar-refractivity contribution is 7.21. The van der Waals surface area contributed by atoms with Crippen molar-refractivity contribution in [2.45, 2.75) is 13.0 Å². The molecule has 0 aliphatic rings. The molecule has 1 nitrogen and oxygen atoms in total. The van der Waals surface area contributed by atoms with Crippen LogP contribution in [0.25, 0.3) is 0 Å². The summed E-state index contributed by atoms with van der Waals surface area (Å²) in [6.07, 6.45) is 0. The maximum absolute atomic E-state index is 6.19. The standard InChI is InChI=1S/C6H14ClNSi/c1-5-9(7,6-2)8(3)4/h5H,1,6H2,2-4H3. The Balaban J connectivity index is 4.08. The van der Waals surface area contributed by atoms with Gasteiger partial charge in [-0.25, -0.2) is 0 Å². The van der Waals surface area contributed by atoms with Crippen LogP contribution in [0.3, 0.4) is 0 Å². The van der Waals surface area contributed by atoms with Gasteiger partial charge in [0.1, 0.15) is 0 Å². The molecule has 54 valence electrons. The van der Waals surface area contributed by atoms with Gasteiger partial charge < -0.3 is 4.57 Å². The number of rotatable bonds is 3. The van der Waals surface area contributed by atoms with Crippen LogP contribution < -0.4 is 0 Å². The van der Waals surface area contributed by atoms with Gasteiger partial charge in [-0.1, -0.05) is 12.6 Å². The van der Waals surface area contributed by atoms with Gasteiger partial charge in [0.05, 0.1) is 0 Å². The van der Waals surface area contributed by atoms with Crippen LogP contribution in [0.5, 0.6) is 0 Å². The molecule has 0 saturated heterocycles. The third kappa shape index (κ3) is 2.12. The molecule has 1 unspecified atom stereocenters. The predicted octanol–water partition coefficient (Wildman–Crippen LogP) is 1.97. The van der Waals surface area contributed by atoms with Gasteiger partial charge in [0.25, 0.3) is 7.55 Å². The first-order chi connectivity index (χ1) is 4.06. The van der Waals surface area contributed by atoms with Crippen LogP contribution in [0.2, 0.25) is 6.04 Å². The maximum Gasteiger partial charge on any atom is 0.251 e. The second-order valence-corrected chi connectivity index (χ2v) is 7.88. The van der Waals surface area contributed by atoms with Crippen LogP contribution in [0, 0.1) is 0 Å². The Morgan fingerprint density at radius 3 is 2.11 bits per heavy atom. The average Bonchev–Trinajstić information content (AvgIpc) is 1.86. The summed E-state index contributed by atoms with van der Waals surface area (Å²) < 4.78 is 2.08. The quantitative estimate of drug-likeness (QED) is 0.455. The fraction of sp³-hybridized carbons (Fsp3) is 0.667. The van der Waals surface area contributed by atoms with E-state index in [-0.39, 0.29) is 0 Å². The maximum atomic E-state index is 6.19. The van der Waals surface area contributed by atoms with Gasteiger partial charge in [-0.05, 0) is 20.1 Å². The minimum atomic E-state index is -1.71. The highest BCUT2D eigenvalue weighted by Gasteiger charge is 2.27. The van der Waals surface area contributed by atoms with Crippen LogP contribution in [0.15, 0.2) is 12.3 Å². The largest absolute Gasteiger partial charge is 0.314 e. The first-order valence-electron chi connectivity index (χ1n) is 3.06. The summed E-state index contributed by atoms with van der Waals surface area (Å²) in [7, 11) is 2.30. The van der Waals surface area contributed by atoms with Gasteiger partial charge in [-0.15, -0.1) is 17.7 Å². The lowest BCUT2D eigenvalue weighted by molar-refractivity contribution is 0.638. The number of halogens is 1. The van der Waals surface area contributed by atoms with Gasteiger partial charge in [0.2, 0.25) is 0 Å². The van der Waals surface area contributed by atoms with E-state index in [1.165, 1.54) is 0 Å². The van der Waals surface area contributed by atoms with E-state index in [0.717, 1.165) is 6.04 Å². The Morgan fingerprint density at radius 2 is 2.11 bits per heavy atom. The zero-order chi connectivity index (χ0) is 7.49. The normalized spacial score (nSPS) is 17.4. The summed E-state index contributed by atoms with van der Waals surface area (Å²) in [5, 5.41) is 0. The van der Waals surface area contributed by atoms with Crippen LogP contribution in [0.1, 0.15) is 6.92 Å². The molecular weight excluding hydrogens is 150 g/mol. The van der Waals surface area contributed by atoms with Crippen LogP contribution in [0.4, 0.5) is 0 Å². The summed E-state index contributed by atoms with van der Waals surface area (Å²) in [6.45, 7) is 5.81. The Labute approximate surface area is 63.1 Å². The van der Waals surface area contributed by atoms with Crippen molar-refractivity contribution in [3.8, 4) is 0 Å². The minimum Gasteiger partial charge on any atom is -0.314 e. The average molecular weight is 164 g/mol. The van der Waals surface area contributed by atoms with Crippen molar-refractivity contribution in [2.75, 3.05) is 14.1 Å². The molecule has 9 heavy (non-hydrogen) atoms. The molecule has 0 radical (unpaired) electrons. The first-order valence-corrected chi connectivity index (χ1v) is 6.31. The molecule has 0 aliphatic heterocycles. The van der Waals surface area contributed by atoms with E-state index in [9.17, 15) is 0 Å². The molecule has 0 spiro atoms. The lowest BCUT2D eigenvalue weighted by Gasteiger charge is -2.25. The highest BCUT2D eigenvalue weighted by atomic mass is 35.6. The molecule has 0 heterocycles. The Morgan fingerprint density at radius 1 is 1.67 bits per heavy atom. The fourth-order valence-corrected chi connectivity index (χ4v) is 1.93. The number of nitrogens with zero attached hydrogens (tertiary/aromatic N) is 1. The zero-order valence-corrected chi connectivity index (χ0v) is 8.07. The lowest BCUT2D eigenvalue weighted by Crippen LogP contribution is -2.41. The van der Waals surface area contributed by atoms with E-state index in [1.54, 1.807) is 0 Å². The van der Waals surface area contributed by atoms with Crippen LogP contribution in [-0.2, 0) is 0 Å². The van der Waals surface area contributed by atoms with Crippen molar-refractivity contribution in [1.29, 1.82) is 0 Å². The van der Waals surface area contributed by atoms with Gasteiger partial charge >= 0.3 is 0 Å². The van der Waals surface area contributed by atoms with Crippen molar-refractivity contribution in [3.05, 3.63) is 12.3 Å². The Bertz CT molecular complexity index is 105. The summed E-state index contributed by atoms with van der Waals surface area (Å²) in [5.41, 5.74) is 1.90. The third-order valence-corrected chi connectivity index (χ3v) is 6.94. The third-order valence-electron chi connectivity index (χ3n) is 1.55. The molecule has 0 aromatic carbocycles. The minimum absolute atomic E-state index is 1.02. The summed E-state index contributed by atoms with van der Waals surface area (Å²) in [6, 6.07) is 1.02. The predicted molar refractivity (Wildman–Crippen MR) is 46.0 cm³/mol. The molecular formula is C6H14ClNSi. The van der Waals surface area contributed by atoms with E-state index in [4.69, 9.17) is 11.1 Å². The van der Waals surface area contributed by atoms with E-state index in [1.807, 2.05) is 19.8 Å². The van der Waals surface area contributed by atoms with Gasteiger partial charge in [0.15, 0.2) is 0 Å². The van der Waals surface area contributed by atoms with E-state index >= 15 is 0 Å². The van der Waals surface area contributed by atoms with Crippen molar-refractivity contribution in [2.24, 2.45) is 0 Å². The SMILES string of the molecule is C=C[Si](Cl)(CC)N(C)C. The van der Waals surface area contributed by atoms with Crippen molar-refractivity contribution < 1.29 is 0 Å². The Hall–Kier alpha value is 0.207. The van der Waals surface area contributed by atoms with E-state index in [2.05, 4.69) is 18.1 Å². The molecule has 0 saturated carbocycles. The molecule has 3 heteroatoms. The smallest absolute Gasteiger partial charge is 0.251 e. The first kappa shape index (κ1) is 9.21. The van der Waals surface area contributed by atoms with Crippen molar-refractivity contribution >= 4 is 18.6 Å². The Kier molecular flexibility index (Phi) is 3.47. The van der Waals surface area contributed by atoms with Crippen molar-refractivity contribution in [1.82, 2.24) is 4.57 Å². The zero-order valence-electron chi connectivity index (χ0n) is 6.32. The lowest BCUT2D eigenvalue weighted by atomic mass is 11.0. The fourth-order valence-electron chi connectivity index (χ4n) is 0.643. The molecule has 0 N–H and O–H groups in total. The number of hydrogen-bond donors (Lipinski definition) is 0. The molecule has 0 aromatic heterocycles. The van der Waals surface area contributed by atoms with E-state index in [0.29, 0.717) is 0 Å². The molecule has 0 aromatic rings. The van der Waals surface area contributed by atoms with Crippen LogP contribution >= 0.6 is 11.1 Å². The topological polar surface area (TPSA) is 3.24 Å². The molecule has 0 bridgehead atoms. The summed E-state index contributed by atoms with van der Waals surface area (Å²) in [5.74, 6) is 0. The molecule has 0 fully saturated rings. The highest BCUT2D eigenvalue weighted by Crippen LogP contribution is 2.17. The van der Waals surface area contributed by atoms with Gasteiger partial charge in [0, 0.05) is 0 Å².